The second-order valence-electron chi connectivity index (χ2n) is 5.09. The standard InChI is InChI=1S/C16H18O2S/c1-18-14-9-15(19-10-14)16(17)13-7-3-6-12(8-13)11-4-2-5-11/h3,6-11,16-17H,2,4-5H2,1H3. The van der Waals surface area contributed by atoms with E-state index in [2.05, 4.69) is 18.2 Å². The summed E-state index contributed by atoms with van der Waals surface area (Å²) in [4.78, 5) is 0.933. The summed E-state index contributed by atoms with van der Waals surface area (Å²) in [5.74, 6) is 1.51. The highest BCUT2D eigenvalue weighted by molar-refractivity contribution is 7.10. The van der Waals surface area contributed by atoms with E-state index >= 15 is 0 Å². The quantitative estimate of drug-likeness (QED) is 0.909. The molecule has 2 nitrogen and oxygen atoms in total. The Labute approximate surface area is 117 Å². The van der Waals surface area contributed by atoms with Crippen LogP contribution in [0.15, 0.2) is 35.7 Å². The van der Waals surface area contributed by atoms with Gasteiger partial charge in [-0.15, -0.1) is 11.3 Å². The van der Waals surface area contributed by atoms with Gasteiger partial charge in [-0.2, -0.15) is 0 Å². The predicted molar refractivity (Wildman–Crippen MR) is 78.0 cm³/mol. The van der Waals surface area contributed by atoms with Crippen LogP contribution in [0.2, 0.25) is 0 Å². The number of aliphatic hydroxyl groups is 1. The maximum atomic E-state index is 10.5. The van der Waals surface area contributed by atoms with Gasteiger partial charge in [0, 0.05) is 10.3 Å². The van der Waals surface area contributed by atoms with Gasteiger partial charge in [-0.05, 0) is 36.0 Å². The molecule has 3 heteroatoms. The van der Waals surface area contributed by atoms with Crippen LogP contribution >= 0.6 is 11.3 Å². The van der Waals surface area contributed by atoms with Gasteiger partial charge in [-0.3, -0.25) is 0 Å². The monoisotopic (exact) mass is 274 g/mol. The molecule has 19 heavy (non-hydrogen) atoms. The molecule has 1 aliphatic carbocycles. The highest BCUT2D eigenvalue weighted by Gasteiger charge is 2.21. The maximum Gasteiger partial charge on any atom is 0.129 e. The molecule has 1 saturated carbocycles. The van der Waals surface area contributed by atoms with Crippen LogP contribution in [0.3, 0.4) is 0 Å². The first-order chi connectivity index (χ1) is 9.28. The third-order valence-corrected chi connectivity index (χ3v) is 4.87. The van der Waals surface area contributed by atoms with Gasteiger partial charge in [-0.25, -0.2) is 0 Å². The van der Waals surface area contributed by atoms with Gasteiger partial charge in [0.05, 0.1) is 7.11 Å². The third kappa shape index (κ3) is 2.53. The first-order valence-electron chi connectivity index (χ1n) is 6.68. The van der Waals surface area contributed by atoms with Crippen molar-refractivity contribution in [1.82, 2.24) is 0 Å². The fourth-order valence-electron chi connectivity index (χ4n) is 2.47. The summed E-state index contributed by atoms with van der Waals surface area (Å²) in [5, 5.41) is 12.4. The van der Waals surface area contributed by atoms with E-state index in [9.17, 15) is 5.11 Å². The van der Waals surface area contributed by atoms with Crippen LogP contribution in [0.1, 0.15) is 47.3 Å². The number of hydrogen-bond acceptors (Lipinski definition) is 3. The van der Waals surface area contributed by atoms with Crippen molar-refractivity contribution in [3.8, 4) is 5.75 Å². The van der Waals surface area contributed by atoms with Crippen LogP contribution in [0, 0.1) is 0 Å². The van der Waals surface area contributed by atoms with Crippen molar-refractivity contribution < 1.29 is 9.84 Å². The molecular weight excluding hydrogens is 256 g/mol. The lowest BCUT2D eigenvalue weighted by Crippen LogP contribution is -2.09. The van der Waals surface area contributed by atoms with Crippen LogP contribution in [0.25, 0.3) is 0 Å². The summed E-state index contributed by atoms with van der Waals surface area (Å²) in [6.07, 6.45) is 3.35. The van der Waals surface area contributed by atoms with Gasteiger partial charge in [0.1, 0.15) is 11.9 Å². The molecule has 1 N–H and O–H groups in total. The summed E-state index contributed by atoms with van der Waals surface area (Å²) in [6.45, 7) is 0. The second-order valence-corrected chi connectivity index (χ2v) is 6.03. The van der Waals surface area contributed by atoms with Crippen molar-refractivity contribution in [3.05, 3.63) is 51.7 Å². The van der Waals surface area contributed by atoms with Gasteiger partial charge >= 0.3 is 0 Å². The normalized spacial score (nSPS) is 16.9. The van der Waals surface area contributed by atoms with E-state index in [0.29, 0.717) is 5.92 Å². The van der Waals surface area contributed by atoms with Gasteiger partial charge < -0.3 is 9.84 Å². The largest absolute Gasteiger partial charge is 0.496 e. The Hall–Kier alpha value is -1.32. The maximum absolute atomic E-state index is 10.5. The Morgan fingerprint density at radius 2 is 2.16 bits per heavy atom. The first-order valence-corrected chi connectivity index (χ1v) is 7.56. The van der Waals surface area contributed by atoms with E-state index < -0.39 is 6.10 Å². The zero-order valence-electron chi connectivity index (χ0n) is 11.0. The van der Waals surface area contributed by atoms with Gasteiger partial charge in [0.2, 0.25) is 0 Å². The number of hydrogen-bond donors (Lipinski definition) is 1. The fourth-order valence-corrected chi connectivity index (χ4v) is 3.34. The van der Waals surface area contributed by atoms with E-state index in [4.69, 9.17) is 4.74 Å². The second kappa shape index (κ2) is 5.35. The molecule has 1 aliphatic rings. The van der Waals surface area contributed by atoms with Crippen molar-refractivity contribution in [2.75, 3.05) is 7.11 Å². The summed E-state index contributed by atoms with van der Waals surface area (Å²) >= 11 is 1.54. The van der Waals surface area contributed by atoms with Crippen LogP contribution in [0.4, 0.5) is 0 Å². The topological polar surface area (TPSA) is 29.5 Å². The Balaban J connectivity index is 1.84. The molecule has 0 spiro atoms. The summed E-state index contributed by atoms with van der Waals surface area (Å²) < 4.78 is 5.17. The average Bonchev–Trinajstić information content (AvgIpc) is 2.85. The Morgan fingerprint density at radius 1 is 1.32 bits per heavy atom. The zero-order chi connectivity index (χ0) is 13.2. The van der Waals surface area contributed by atoms with E-state index in [1.54, 1.807) is 7.11 Å². The number of rotatable bonds is 4. The number of ether oxygens (including phenoxy) is 1. The Morgan fingerprint density at radius 3 is 2.79 bits per heavy atom. The number of methoxy groups -OCH3 is 1. The van der Waals surface area contributed by atoms with Gasteiger partial charge in [0.15, 0.2) is 0 Å². The summed E-state index contributed by atoms with van der Waals surface area (Å²) in [6, 6.07) is 10.3. The number of benzene rings is 1. The molecule has 100 valence electrons. The minimum Gasteiger partial charge on any atom is -0.496 e. The van der Waals surface area contributed by atoms with Gasteiger partial charge in [-0.1, -0.05) is 30.7 Å². The smallest absolute Gasteiger partial charge is 0.129 e. The molecule has 3 rings (SSSR count). The lowest BCUT2D eigenvalue weighted by atomic mass is 9.79. The molecule has 1 heterocycles. The highest BCUT2D eigenvalue weighted by Crippen LogP contribution is 2.38. The number of thiophene rings is 1. The predicted octanol–water partition coefficient (Wildman–Crippen LogP) is 4.11. The molecule has 1 atom stereocenters. The van der Waals surface area contributed by atoms with Crippen molar-refractivity contribution in [3.63, 3.8) is 0 Å². The van der Waals surface area contributed by atoms with Crippen LogP contribution in [0.5, 0.6) is 5.75 Å². The molecule has 1 unspecified atom stereocenters. The Bertz CT molecular complexity index is 557. The molecule has 0 saturated heterocycles. The number of aliphatic hydroxyl groups excluding tert-OH is 1. The van der Waals surface area contributed by atoms with Crippen LogP contribution in [-0.4, -0.2) is 12.2 Å². The lowest BCUT2D eigenvalue weighted by Gasteiger charge is -2.26. The van der Waals surface area contributed by atoms with Crippen molar-refractivity contribution in [2.24, 2.45) is 0 Å². The average molecular weight is 274 g/mol. The highest BCUT2D eigenvalue weighted by atomic mass is 32.1. The zero-order valence-corrected chi connectivity index (χ0v) is 11.8. The van der Waals surface area contributed by atoms with E-state index in [1.807, 2.05) is 17.5 Å². The van der Waals surface area contributed by atoms with E-state index in [-0.39, 0.29) is 0 Å². The minimum absolute atomic E-state index is 0.547. The van der Waals surface area contributed by atoms with E-state index in [1.165, 1.54) is 36.2 Å². The summed E-state index contributed by atoms with van der Waals surface area (Å²) in [7, 11) is 1.65. The van der Waals surface area contributed by atoms with Crippen LogP contribution < -0.4 is 4.74 Å². The van der Waals surface area contributed by atoms with Crippen molar-refractivity contribution in [1.29, 1.82) is 0 Å². The fraction of sp³-hybridized carbons (Fsp3) is 0.375. The SMILES string of the molecule is COc1csc(C(O)c2cccc(C3CCC3)c2)c1. The molecule has 0 aliphatic heterocycles. The van der Waals surface area contributed by atoms with Crippen molar-refractivity contribution in [2.45, 2.75) is 31.3 Å². The third-order valence-electron chi connectivity index (χ3n) is 3.90. The van der Waals surface area contributed by atoms with Crippen molar-refractivity contribution >= 4 is 11.3 Å². The molecule has 0 bridgehead atoms. The molecule has 1 aromatic carbocycles. The molecule has 2 aromatic rings. The molecule has 0 amide bonds. The molecule has 1 fully saturated rings. The van der Waals surface area contributed by atoms with Crippen LogP contribution in [-0.2, 0) is 0 Å². The minimum atomic E-state index is -0.547. The molecule has 1 aromatic heterocycles. The van der Waals surface area contributed by atoms with E-state index in [0.717, 1.165) is 16.2 Å². The lowest BCUT2D eigenvalue weighted by molar-refractivity contribution is 0.223. The Kier molecular flexibility index (Phi) is 3.58. The van der Waals surface area contributed by atoms with Gasteiger partial charge in [0.25, 0.3) is 0 Å². The summed E-state index contributed by atoms with van der Waals surface area (Å²) in [5.41, 5.74) is 2.35. The first kappa shape index (κ1) is 12.7. The molecular formula is C16H18O2S. The molecule has 0 radical (unpaired) electrons.